The van der Waals surface area contributed by atoms with Gasteiger partial charge in [-0.2, -0.15) is 0 Å². The van der Waals surface area contributed by atoms with Gasteiger partial charge in [-0.05, 0) is 48.9 Å². The Morgan fingerprint density at radius 3 is 2.78 bits per heavy atom. The van der Waals surface area contributed by atoms with Crippen molar-refractivity contribution < 1.29 is 0 Å². The Morgan fingerprint density at radius 2 is 2.06 bits per heavy atom. The van der Waals surface area contributed by atoms with Crippen LogP contribution in [0.15, 0.2) is 17.0 Å². The highest BCUT2D eigenvalue weighted by Gasteiger charge is 2.22. The quantitative estimate of drug-likeness (QED) is 0.876. The molecule has 18 heavy (non-hydrogen) atoms. The molecule has 0 atom stereocenters. The predicted molar refractivity (Wildman–Crippen MR) is 75.4 cm³/mol. The van der Waals surface area contributed by atoms with E-state index in [1.54, 1.807) is 0 Å². The molecule has 0 radical (unpaired) electrons. The van der Waals surface area contributed by atoms with E-state index < -0.39 is 0 Å². The van der Waals surface area contributed by atoms with Crippen LogP contribution >= 0.6 is 15.9 Å². The van der Waals surface area contributed by atoms with Crippen LogP contribution < -0.4 is 5.73 Å². The number of hydrogen-bond acceptors (Lipinski definition) is 4. The smallest absolute Gasteiger partial charge is 0.146 e. The number of nitrogens with two attached hydrogens (primary N) is 1. The van der Waals surface area contributed by atoms with Gasteiger partial charge in [-0.15, -0.1) is 0 Å². The Balaban J connectivity index is 2.05. The Morgan fingerprint density at radius 1 is 1.33 bits per heavy atom. The summed E-state index contributed by atoms with van der Waals surface area (Å²) in [6.07, 6.45) is 5.93. The van der Waals surface area contributed by atoms with Crippen molar-refractivity contribution in [1.82, 2.24) is 19.4 Å². The topological polar surface area (TPSA) is 60.0 Å². The minimum Gasteiger partial charge on any atom is -0.383 e. The summed E-state index contributed by atoms with van der Waals surface area (Å²) in [6, 6.07) is 0.504. The second-order valence-corrected chi connectivity index (χ2v) is 5.73. The van der Waals surface area contributed by atoms with Gasteiger partial charge in [0.15, 0.2) is 0 Å². The molecule has 1 aliphatic rings. The summed E-state index contributed by atoms with van der Waals surface area (Å²) >= 11 is 3.56. The Labute approximate surface area is 114 Å². The summed E-state index contributed by atoms with van der Waals surface area (Å²) in [4.78, 5) is 10.8. The number of anilines is 1. The lowest BCUT2D eigenvalue weighted by molar-refractivity contribution is 0.223. The van der Waals surface area contributed by atoms with Crippen LogP contribution in [0.3, 0.4) is 0 Å². The van der Waals surface area contributed by atoms with Crippen LogP contribution in [-0.4, -0.2) is 39.6 Å². The Kier molecular flexibility index (Phi) is 2.99. The molecule has 96 valence electrons. The molecular weight excluding hydrogens is 294 g/mol. The molecule has 0 unspecified atom stereocenters. The minimum absolute atomic E-state index is 0.504. The Hall–Kier alpha value is -1.14. The zero-order valence-electron chi connectivity index (χ0n) is 10.3. The molecule has 0 aromatic carbocycles. The third-order valence-corrected chi connectivity index (χ3v) is 4.28. The van der Waals surface area contributed by atoms with Gasteiger partial charge in [0.25, 0.3) is 0 Å². The second-order valence-electron chi connectivity index (χ2n) is 4.88. The molecule has 1 fully saturated rings. The van der Waals surface area contributed by atoms with E-state index in [0.717, 1.165) is 41.4 Å². The lowest BCUT2D eigenvalue weighted by atomic mass is 10.1. The number of likely N-dealkylation sites (tertiary alicyclic amines) is 1. The number of piperidine rings is 1. The number of halogens is 1. The molecule has 1 aliphatic heterocycles. The number of nitrogens with zero attached hydrogens (tertiary/aromatic N) is 4. The number of hydrogen-bond donors (Lipinski definition) is 1. The third kappa shape index (κ3) is 1.89. The van der Waals surface area contributed by atoms with Crippen LogP contribution in [0, 0.1) is 0 Å². The van der Waals surface area contributed by atoms with Crippen LogP contribution in [0.4, 0.5) is 5.82 Å². The highest BCUT2D eigenvalue weighted by Crippen LogP contribution is 2.33. The second kappa shape index (κ2) is 4.51. The van der Waals surface area contributed by atoms with E-state index in [9.17, 15) is 0 Å². The third-order valence-electron chi connectivity index (χ3n) is 3.67. The largest absolute Gasteiger partial charge is 0.383 e. The summed E-state index contributed by atoms with van der Waals surface area (Å²) in [5, 5.41) is 0.927. The van der Waals surface area contributed by atoms with E-state index in [1.165, 1.54) is 6.33 Å². The molecule has 0 aliphatic carbocycles. The van der Waals surface area contributed by atoms with Gasteiger partial charge in [0.2, 0.25) is 0 Å². The van der Waals surface area contributed by atoms with E-state index in [2.05, 4.69) is 48.6 Å². The molecule has 1 saturated heterocycles. The number of aromatic nitrogens is 3. The molecule has 2 N–H and O–H groups in total. The highest BCUT2D eigenvalue weighted by molar-refractivity contribution is 9.10. The summed E-state index contributed by atoms with van der Waals surface area (Å²) in [6.45, 7) is 2.26. The minimum atomic E-state index is 0.504. The molecule has 3 heterocycles. The van der Waals surface area contributed by atoms with Crippen molar-refractivity contribution in [3.8, 4) is 0 Å². The average Bonchev–Trinajstić information content (AvgIpc) is 2.69. The first-order chi connectivity index (χ1) is 8.66. The number of fused-ring (bicyclic) bond motifs is 1. The van der Waals surface area contributed by atoms with Crippen molar-refractivity contribution in [2.75, 3.05) is 25.9 Å². The maximum absolute atomic E-state index is 5.92. The van der Waals surface area contributed by atoms with Crippen LogP contribution in [0.25, 0.3) is 11.0 Å². The summed E-state index contributed by atoms with van der Waals surface area (Å²) in [5.41, 5.74) is 6.85. The standard InChI is InChI=1S/C12H16BrN5/c1-17-4-2-8(3-5-17)18-6-9(13)10-11(14)15-7-16-12(10)18/h6-8H,2-5H2,1H3,(H2,14,15,16). The lowest BCUT2D eigenvalue weighted by Gasteiger charge is -2.30. The summed E-state index contributed by atoms with van der Waals surface area (Å²) in [5.74, 6) is 0.540. The summed E-state index contributed by atoms with van der Waals surface area (Å²) in [7, 11) is 2.17. The zero-order valence-corrected chi connectivity index (χ0v) is 11.9. The van der Waals surface area contributed by atoms with Crippen LogP contribution in [0.2, 0.25) is 0 Å². The Bertz CT molecular complexity index is 571. The fourth-order valence-corrected chi connectivity index (χ4v) is 3.21. The molecule has 2 aromatic rings. The number of rotatable bonds is 1. The highest BCUT2D eigenvalue weighted by atomic mass is 79.9. The van der Waals surface area contributed by atoms with Crippen molar-refractivity contribution >= 4 is 32.8 Å². The van der Waals surface area contributed by atoms with Gasteiger partial charge in [-0.25, -0.2) is 9.97 Å². The molecule has 5 nitrogen and oxygen atoms in total. The molecule has 6 heteroatoms. The van der Waals surface area contributed by atoms with Crippen molar-refractivity contribution in [2.45, 2.75) is 18.9 Å². The fourth-order valence-electron chi connectivity index (χ4n) is 2.61. The van der Waals surface area contributed by atoms with E-state index in [-0.39, 0.29) is 0 Å². The van der Waals surface area contributed by atoms with Gasteiger partial charge in [0, 0.05) is 16.7 Å². The summed E-state index contributed by atoms with van der Waals surface area (Å²) < 4.78 is 3.22. The fraction of sp³-hybridized carbons (Fsp3) is 0.500. The number of nitrogen functional groups attached to an aromatic ring is 1. The van der Waals surface area contributed by atoms with Gasteiger partial charge in [0.1, 0.15) is 17.8 Å². The zero-order chi connectivity index (χ0) is 12.7. The maximum atomic E-state index is 5.92. The first-order valence-corrected chi connectivity index (χ1v) is 6.91. The first-order valence-electron chi connectivity index (χ1n) is 6.12. The molecule has 3 rings (SSSR count). The molecular formula is C12H16BrN5. The van der Waals surface area contributed by atoms with Crippen LogP contribution in [-0.2, 0) is 0 Å². The average molecular weight is 310 g/mol. The predicted octanol–water partition coefficient (Wildman–Crippen LogP) is 2.04. The molecule has 0 bridgehead atoms. The van der Waals surface area contributed by atoms with Crippen molar-refractivity contribution in [3.05, 3.63) is 17.0 Å². The first kappa shape index (κ1) is 11.9. The molecule has 0 amide bonds. The normalized spacial score (nSPS) is 18.6. The van der Waals surface area contributed by atoms with Gasteiger partial charge in [0.05, 0.1) is 5.39 Å². The van der Waals surface area contributed by atoms with Gasteiger partial charge >= 0.3 is 0 Å². The van der Waals surface area contributed by atoms with E-state index in [0.29, 0.717) is 11.9 Å². The van der Waals surface area contributed by atoms with Gasteiger partial charge in [-0.1, -0.05) is 0 Å². The van der Waals surface area contributed by atoms with E-state index >= 15 is 0 Å². The monoisotopic (exact) mass is 309 g/mol. The lowest BCUT2D eigenvalue weighted by Crippen LogP contribution is -2.31. The van der Waals surface area contributed by atoms with Crippen molar-refractivity contribution in [2.24, 2.45) is 0 Å². The van der Waals surface area contributed by atoms with Crippen molar-refractivity contribution in [3.63, 3.8) is 0 Å². The van der Waals surface area contributed by atoms with Crippen LogP contribution in [0.1, 0.15) is 18.9 Å². The van der Waals surface area contributed by atoms with Gasteiger partial charge in [-0.3, -0.25) is 0 Å². The molecule has 0 spiro atoms. The maximum Gasteiger partial charge on any atom is 0.146 e. The van der Waals surface area contributed by atoms with E-state index in [1.807, 2.05) is 0 Å². The van der Waals surface area contributed by atoms with Crippen LogP contribution in [0.5, 0.6) is 0 Å². The van der Waals surface area contributed by atoms with Gasteiger partial charge < -0.3 is 15.2 Å². The van der Waals surface area contributed by atoms with E-state index in [4.69, 9.17) is 5.73 Å². The molecule has 0 saturated carbocycles. The molecule has 2 aromatic heterocycles. The SMILES string of the molecule is CN1CCC(n2cc(Br)c3c(N)ncnc32)CC1. The van der Waals surface area contributed by atoms with Crippen molar-refractivity contribution in [1.29, 1.82) is 0 Å².